The number of anilines is 1. The third-order valence-electron chi connectivity index (χ3n) is 3.63. The Morgan fingerprint density at radius 2 is 2.23 bits per heavy atom. The summed E-state index contributed by atoms with van der Waals surface area (Å²) in [6.45, 7) is 2.81. The zero-order valence-electron chi connectivity index (χ0n) is 14.1. The van der Waals surface area contributed by atoms with Crippen molar-refractivity contribution in [2.24, 2.45) is 0 Å². The second-order valence-electron chi connectivity index (χ2n) is 5.55. The van der Waals surface area contributed by atoms with Gasteiger partial charge in [-0.1, -0.05) is 11.6 Å². The molecule has 1 fully saturated rings. The fraction of sp³-hybridized carbons (Fsp3) is 0.500. The van der Waals surface area contributed by atoms with E-state index in [1.807, 2.05) is 0 Å². The summed E-state index contributed by atoms with van der Waals surface area (Å²) in [5, 5.41) is 0.0628. The lowest BCUT2D eigenvalue weighted by atomic mass is 10.2. The minimum Gasteiger partial charge on any atom is -0.457 e. The Balaban J connectivity index is 2.10. The average Bonchev–Trinajstić information content (AvgIpc) is 3.08. The number of hydrazine groups is 1. The number of nitrogens with one attached hydrogen (secondary N) is 3. The third-order valence-corrected chi connectivity index (χ3v) is 3.96. The van der Waals surface area contributed by atoms with E-state index in [9.17, 15) is 18.0 Å². The van der Waals surface area contributed by atoms with E-state index in [0.29, 0.717) is 13.2 Å². The highest BCUT2D eigenvalue weighted by Crippen LogP contribution is 2.33. The van der Waals surface area contributed by atoms with E-state index in [-0.39, 0.29) is 29.3 Å². The molecule has 0 saturated carbocycles. The van der Waals surface area contributed by atoms with E-state index in [4.69, 9.17) is 21.1 Å². The Morgan fingerprint density at radius 1 is 1.46 bits per heavy atom. The predicted molar refractivity (Wildman–Crippen MR) is 89.7 cm³/mol. The highest BCUT2D eigenvalue weighted by Gasteiger charge is 2.31. The summed E-state index contributed by atoms with van der Waals surface area (Å²) < 4.78 is 48.8. The van der Waals surface area contributed by atoms with Crippen LogP contribution in [0.5, 0.6) is 0 Å². The van der Waals surface area contributed by atoms with Gasteiger partial charge in [0.15, 0.2) is 0 Å². The molecule has 0 aliphatic carbocycles. The zero-order valence-corrected chi connectivity index (χ0v) is 14.8. The van der Waals surface area contributed by atoms with Crippen LogP contribution in [0, 0.1) is 0 Å². The summed E-state index contributed by atoms with van der Waals surface area (Å²) in [5.74, 6) is -0.725. The van der Waals surface area contributed by atoms with Crippen molar-refractivity contribution in [1.82, 2.24) is 5.43 Å². The number of carbonyl (C=O) groups is 1. The van der Waals surface area contributed by atoms with Crippen molar-refractivity contribution < 1.29 is 32.4 Å². The number of ether oxygens (including phenoxy) is 2. The van der Waals surface area contributed by atoms with Crippen LogP contribution in [0.2, 0.25) is 5.02 Å². The summed E-state index contributed by atoms with van der Waals surface area (Å²) in [6, 6.07) is 2.84. The predicted octanol–water partition coefficient (Wildman–Crippen LogP) is 1.50. The van der Waals surface area contributed by atoms with Crippen LogP contribution in [0.4, 0.5) is 18.9 Å². The molecule has 0 aromatic heterocycles. The van der Waals surface area contributed by atoms with Crippen molar-refractivity contribution in [3.8, 4) is 0 Å². The lowest BCUT2D eigenvalue weighted by Crippen LogP contribution is -2.80. The Bertz CT molecular complexity index is 662. The van der Waals surface area contributed by atoms with Crippen molar-refractivity contribution in [3.05, 3.63) is 28.8 Å². The first-order valence-electron chi connectivity index (χ1n) is 8.09. The first-order valence-corrected chi connectivity index (χ1v) is 8.47. The summed E-state index contributed by atoms with van der Waals surface area (Å²) in [6.07, 6.45) is -2.76. The maximum Gasteiger partial charge on any atom is 0.423 e. The molecule has 26 heavy (non-hydrogen) atoms. The lowest BCUT2D eigenvalue weighted by molar-refractivity contribution is -0.470. The molecule has 3 N–H and O–H groups in total. The number of hydrogen-bond donors (Lipinski definition) is 3. The molecular formula is C16H20ClF3N3O3+. The van der Waals surface area contributed by atoms with Crippen molar-refractivity contribution in [2.75, 3.05) is 25.2 Å². The van der Waals surface area contributed by atoms with Crippen molar-refractivity contribution >= 4 is 29.1 Å². The molecule has 0 amide bonds. The molecule has 0 radical (unpaired) electrons. The molecule has 1 heterocycles. The molecule has 6 nitrogen and oxygen atoms in total. The molecule has 0 unspecified atom stereocenters. The molecule has 2 rings (SSSR count). The smallest absolute Gasteiger partial charge is 0.423 e. The van der Waals surface area contributed by atoms with E-state index >= 15 is 0 Å². The zero-order chi connectivity index (χ0) is 19.2. The van der Waals surface area contributed by atoms with Crippen molar-refractivity contribution in [1.29, 1.82) is 0 Å². The first-order chi connectivity index (χ1) is 12.3. The van der Waals surface area contributed by atoms with Crippen LogP contribution in [-0.2, 0) is 20.4 Å². The molecule has 0 spiro atoms. The fourth-order valence-electron chi connectivity index (χ4n) is 2.32. The number of amidine groups is 1. The standard InChI is InChI=1S/C16H19ClF3N3O3/c1-2-25-15(24)14(21-9-11-4-3-7-26-11)23-22-13-8-10(16(18,19)20)5-6-12(13)17/h5-6,8,11,22H,2-4,7,9H2,1H3,(H,21,23)/p+1/t11-/m1/s1. The van der Waals surface area contributed by atoms with Crippen LogP contribution in [0.25, 0.3) is 0 Å². The summed E-state index contributed by atoms with van der Waals surface area (Å²) >= 11 is 5.92. The second-order valence-corrected chi connectivity index (χ2v) is 5.96. The van der Waals surface area contributed by atoms with E-state index in [1.54, 1.807) is 6.92 Å². The first kappa shape index (κ1) is 20.3. The van der Waals surface area contributed by atoms with Gasteiger partial charge in [0, 0.05) is 6.61 Å². The van der Waals surface area contributed by atoms with Gasteiger partial charge in [-0.3, -0.25) is 4.99 Å². The third kappa shape index (κ3) is 5.77. The molecule has 144 valence electrons. The van der Waals surface area contributed by atoms with Gasteiger partial charge in [-0.25, -0.2) is 10.2 Å². The average molecular weight is 395 g/mol. The minimum absolute atomic E-state index is 0.0257. The second kappa shape index (κ2) is 9.09. The Morgan fingerprint density at radius 3 is 2.85 bits per heavy atom. The highest BCUT2D eigenvalue weighted by molar-refractivity contribution is 6.34. The van der Waals surface area contributed by atoms with Gasteiger partial charge in [-0.2, -0.15) is 18.6 Å². The van der Waals surface area contributed by atoms with Crippen LogP contribution < -0.4 is 15.8 Å². The Hall–Kier alpha value is -2.00. The molecule has 10 heteroatoms. The Labute approximate surface area is 153 Å². The van der Waals surface area contributed by atoms with E-state index in [2.05, 4.69) is 15.8 Å². The van der Waals surface area contributed by atoms with Gasteiger partial charge in [0.05, 0.1) is 29.0 Å². The maximum absolute atomic E-state index is 12.8. The molecule has 1 saturated heterocycles. The summed E-state index contributed by atoms with van der Waals surface area (Å²) in [7, 11) is 0. The maximum atomic E-state index is 12.8. The fourth-order valence-corrected chi connectivity index (χ4v) is 2.48. The largest absolute Gasteiger partial charge is 0.457 e. The topological polar surface area (TPSA) is 73.6 Å². The van der Waals surface area contributed by atoms with Crippen LogP contribution >= 0.6 is 11.6 Å². The highest BCUT2D eigenvalue weighted by atomic mass is 35.5. The van der Waals surface area contributed by atoms with Gasteiger partial charge in [0.1, 0.15) is 6.54 Å². The molecule has 0 bridgehead atoms. The van der Waals surface area contributed by atoms with E-state index in [0.717, 1.165) is 31.0 Å². The number of alkyl halides is 3. The quantitative estimate of drug-likeness (QED) is 0.305. The summed E-state index contributed by atoms with van der Waals surface area (Å²) in [4.78, 5) is 14.9. The van der Waals surface area contributed by atoms with E-state index in [1.165, 1.54) is 0 Å². The monoisotopic (exact) mass is 394 g/mol. The van der Waals surface area contributed by atoms with Gasteiger partial charge in [-0.05, 0) is 38.0 Å². The number of esters is 1. The molecule has 1 aromatic carbocycles. The number of halogens is 4. The number of hydrogen-bond acceptors (Lipinski definition) is 4. The minimum atomic E-state index is -4.51. The van der Waals surface area contributed by atoms with Crippen molar-refractivity contribution in [3.63, 3.8) is 0 Å². The van der Waals surface area contributed by atoms with Crippen LogP contribution in [0.1, 0.15) is 25.3 Å². The van der Waals surface area contributed by atoms with Gasteiger partial charge in [-0.15, -0.1) is 0 Å². The van der Waals surface area contributed by atoms with E-state index < -0.39 is 17.7 Å². The van der Waals surface area contributed by atoms with Crippen LogP contribution in [-0.4, -0.2) is 37.7 Å². The van der Waals surface area contributed by atoms with Gasteiger partial charge in [0.2, 0.25) is 0 Å². The van der Waals surface area contributed by atoms with Crippen LogP contribution in [0.3, 0.4) is 0 Å². The number of rotatable bonds is 5. The van der Waals surface area contributed by atoms with Gasteiger partial charge < -0.3 is 9.47 Å². The van der Waals surface area contributed by atoms with Gasteiger partial charge in [0.25, 0.3) is 0 Å². The lowest BCUT2D eigenvalue weighted by Gasteiger charge is -2.11. The van der Waals surface area contributed by atoms with Crippen molar-refractivity contribution in [2.45, 2.75) is 32.0 Å². The number of benzene rings is 1. The molecular weight excluding hydrogens is 375 g/mol. The van der Waals surface area contributed by atoms with Gasteiger partial charge >= 0.3 is 18.0 Å². The number of carbonyl (C=O) groups excluding carboxylic acids is 1. The molecule has 1 atom stereocenters. The molecule has 1 aliphatic heterocycles. The normalized spacial score (nSPS) is 17.9. The Kier molecular flexibility index (Phi) is 7.10. The van der Waals surface area contributed by atoms with Crippen LogP contribution in [0.15, 0.2) is 18.2 Å². The summed E-state index contributed by atoms with van der Waals surface area (Å²) in [5.41, 5.74) is 4.16. The SMILES string of the molecule is CCOC(=O)C(NNc1cc(C(F)(F)F)ccc1Cl)=[NH+]C[C@H]1CCCO1. The molecule has 1 aromatic rings. The molecule has 1 aliphatic rings.